The van der Waals surface area contributed by atoms with Gasteiger partial charge in [-0.15, -0.1) is 0 Å². The molecule has 0 aromatic carbocycles. The largest absolute Gasteiger partial charge is 0.354 e. The van der Waals surface area contributed by atoms with Crippen molar-refractivity contribution in [3.8, 4) is 0 Å². The molecule has 0 bridgehead atoms. The van der Waals surface area contributed by atoms with Crippen molar-refractivity contribution in [3.63, 3.8) is 0 Å². The Kier molecular flexibility index (Phi) is 2.75. The molecule has 1 aliphatic heterocycles. The fourth-order valence-electron chi connectivity index (χ4n) is 2.13. The van der Waals surface area contributed by atoms with Crippen molar-refractivity contribution in [1.82, 2.24) is 10.6 Å². The topological polar surface area (TPSA) is 41.1 Å². The molecule has 1 heterocycles. The van der Waals surface area contributed by atoms with Gasteiger partial charge in [0.05, 0.1) is 5.54 Å². The second-order valence-corrected chi connectivity index (χ2v) is 5.71. The number of carbonyl (C=O) groups is 1. The van der Waals surface area contributed by atoms with Gasteiger partial charge in [0.2, 0.25) is 5.91 Å². The molecule has 2 aliphatic rings. The third-order valence-electron chi connectivity index (χ3n) is 3.90. The molecule has 2 rings (SSSR count). The summed E-state index contributed by atoms with van der Waals surface area (Å²) in [5.41, 5.74) is 0.0875. The molecular weight excluding hydrogens is 188 g/mol. The highest BCUT2D eigenvalue weighted by Gasteiger charge is 2.40. The van der Waals surface area contributed by atoms with E-state index in [-0.39, 0.29) is 11.4 Å². The van der Waals surface area contributed by atoms with Crippen LogP contribution in [-0.4, -0.2) is 24.5 Å². The van der Waals surface area contributed by atoms with Crippen LogP contribution in [0.4, 0.5) is 0 Å². The third-order valence-corrected chi connectivity index (χ3v) is 3.90. The van der Waals surface area contributed by atoms with Crippen molar-refractivity contribution in [2.45, 2.75) is 51.5 Å². The summed E-state index contributed by atoms with van der Waals surface area (Å²) in [5, 5.41) is 6.43. The first kappa shape index (κ1) is 10.9. The molecule has 2 fully saturated rings. The molecule has 86 valence electrons. The minimum absolute atomic E-state index is 0.190. The van der Waals surface area contributed by atoms with Crippen LogP contribution in [0.3, 0.4) is 0 Å². The summed E-state index contributed by atoms with van der Waals surface area (Å²) in [4.78, 5) is 12.0. The van der Waals surface area contributed by atoms with Crippen molar-refractivity contribution in [3.05, 3.63) is 0 Å². The lowest BCUT2D eigenvalue weighted by Crippen LogP contribution is -2.57. The van der Waals surface area contributed by atoms with Crippen LogP contribution in [-0.2, 0) is 4.79 Å². The highest BCUT2D eigenvalue weighted by molar-refractivity contribution is 5.86. The monoisotopic (exact) mass is 210 g/mol. The van der Waals surface area contributed by atoms with Crippen LogP contribution in [0.5, 0.6) is 0 Å². The van der Waals surface area contributed by atoms with Gasteiger partial charge in [0.1, 0.15) is 0 Å². The van der Waals surface area contributed by atoms with Gasteiger partial charge in [0, 0.05) is 6.54 Å². The fourth-order valence-corrected chi connectivity index (χ4v) is 2.13. The summed E-state index contributed by atoms with van der Waals surface area (Å²) in [5.74, 6) is 0.190. The highest BCUT2D eigenvalue weighted by Crippen LogP contribution is 2.44. The molecule has 1 saturated heterocycles. The number of carbonyl (C=O) groups excluding carboxylic acids is 1. The molecule has 0 aromatic heterocycles. The average Bonchev–Trinajstić information content (AvgIpc) is 2.95. The summed E-state index contributed by atoms with van der Waals surface area (Å²) in [6, 6.07) is 0. The van der Waals surface area contributed by atoms with Crippen LogP contribution < -0.4 is 10.6 Å². The molecule has 1 amide bonds. The van der Waals surface area contributed by atoms with E-state index in [1.54, 1.807) is 0 Å². The SMILES string of the molecule is CC1(CNC(=O)C2(C)CCCCN2)CC1. The van der Waals surface area contributed by atoms with Crippen LogP contribution in [0.15, 0.2) is 0 Å². The Balaban J connectivity index is 1.83. The van der Waals surface area contributed by atoms with Gasteiger partial charge in [-0.05, 0) is 51.0 Å². The van der Waals surface area contributed by atoms with Gasteiger partial charge in [-0.25, -0.2) is 0 Å². The van der Waals surface area contributed by atoms with E-state index in [2.05, 4.69) is 17.6 Å². The van der Waals surface area contributed by atoms with Gasteiger partial charge in [-0.1, -0.05) is 6.92 Å². The maximum Gasteiger partial charge on any atom is 0.240 e. The van der Waals surface area contributed by atoms with Gasteiger partial charge in [-0.3, -0.25) is 4.79 Å². The summed E-state index contributed by atoms with van der Waals surface area (Å²) in [7, 11) is 0. The normalized spacial score (nSPS) is 33.5. The quantitative estimate of drug-likeness (QED) is 0.740. The molecule has 0 aromatic rings. The Morgan fingerprint density at radius 2 is 2.00 bits per heavy atom. The second-order valence-electron chi connectivity index (χ2n) is 5.71. The van der Waals surface area contributed by atoms with E-state index >= 15 is 0 Å². The maximum absolute atomic E-state index is 12.0. The Bertz CT molecular complexity index is 252. The van der Waals surface area contributed by atoms with E-state index in [0.717, 1.165) is 25.9 Å². The summed E-state index contributed by atoms with van der Waals surface area (Å²) >= 11 is 0. The first-order valence-corrected chi connectivity index (χ1v) is 6.08. The lowest BCUT2D eigenvalue weighted by molar-refractivity contribution is -0.128. The van der Waals surface area contributed by atoms with Crippen molar-refractivity contribution in [2.75, 3.05) is 13.1 Å². The Labute approximate surface area is 92.0 Å². The Hall–Kier alpha value is -0.570. The molecule has 0 radical (unpaired) electrons. The molecule has 1 atom stereocenters. The molecule has 3 heteroatoms. The first-order chi connectivity index (χ1) is 7.04. The Morgan fingerprint density at radius 1 is 1.27 bits per heavy atom. The van der Waals surface area contributed by atoms with E-state index in [1.165, 1.54) is 19.3 Å². The van der Waals surface area contributed by atoms with E-state index in [1.807, 2.05) is 6.92 Å². The van der Waals surface area contributed by atoms with Crippen molar-refractivity contribution in [2.24, 2.45) is 5.41 Å². The zero-order valence-corrected chi connectivity index (χ0v) is 9.86. The van der Waals surface area contributed by atoms with Gasteiger partial charge < -0.3 is 10.6 Å². The number of hydrogen-bond acceptors (Lipinski definition) is 2. The molecule has 1 aliphatic carbocycles. The van der Waals surface area contributed by atoms with Crippen LogP contribution >= 0.6 is 0 Å². The van der Waals surface area contributed by atoms with Crippen molar-refractivity contribution in [1.29, 1.82) is 0 Å². The fraction of sp³-hybridized carbons (Fsp3) is 0.917. The molecule has 1 saturated carbocycles. The van der Waals surface area contributed by atoms with Crippen LogP contribution in [0.2, 0.25) is 0 Å². The van der Waals surface area contributed by atoms with Gasteiger partial charge >= 0.3 is 0 Å². The van der Waals surface area contributed by atoms with Crippen LogP contribution in [0.25, 0.3) is 0 Å². The van der Waals surface area contributed by atoms with E-state index in [4.69, 9.17) is 0 Å². The number of amides is 1. The average molecular weight is 210 g/mol. The van der Waals surface area contributed by atoms with Gasteiger partial charge in [0.25, 0.3) is 0 Å². The van der Waals surface area contributed by atoms with Crippen LogP contribution in [0, 0.1) is 5.41 Å². The summed E-state index contributed by atoms with van der Waals surface area (Å²) < 4.78 is 0. The van der Waals surface area contributed by atoms with Gasteiger partial charge in [-0.2, -0.15) is 0 Å². The molecule has 3 nitrogen and oxygen atoms in total. The predicted molar refractivity (Wildman–Crippen MR) is 60.6 cm³/mol. The lowest BCUT2D eigenvalue weighted by atomic mass is 9.90. The number of piperidine rings is 1. The zero-order chi connectivity index (χ0) is 10.9. The van der Waals surface area contributed by atoms with Crippen molar-refractivity contribution >= 4 is 5.91 Å². The van der Waals surface area contributed by atoms with Gasteiger partial charge in [0.15, 0.2) is 0 Å². The first-order valence-electron chi connectivity index (χ1n) is 6.08. The third kappa shape index (κ3) is 2.51. The summed E-state index contributed by atoms with van der Waals surface area (Å²) in [6.45, 7) is 6.09. The maximum atomic E-state index is 12.0. The standard InChI is InChI=1S/C12H22N2O/c1-11(6-7-11)9-13-10(15)12(2)5-3-4-8-14-12/h14H,3-9H2,1-2H3,(H,13,15). The summed E-state index contributed by atoms with van der Waals surface area (Å²) in [6.07, 6.45) is 5.85. The minimum Gasteiger partial charge on any atom is -0.354 e. The molecule has 2 N–H and O–H groups in total. The smallest absolute Gasteiger partial charge is 0.240 e. The van der Waals surface area contributed by atoms with E-state index in [9.17, 15) is 4.79 Å². The minimum atomic E-state index is -0.316. The molecule has 0 spiro atoms. The van der Waals surface area contributed by atoms with Crippen molar-refractivity contribution < 1.29 is 4.79 Å². The molecular formula is C12H22N2O. The number of rotatable bonds is 3. The van der Waals surface area contributed by atoms with E-state index < -0.39 is 0 Å². The Morgan fingerprint density at radius 3 is 2.53 bits per heavy atom. The molecule has 15 heavy (non-hydrogen) atoms. The zero-order valence-electron chi connectivity index (χ0n) is 9.86. The number of nitrogens with one attached hydrogen (secondary N) is 2. The second kappa shape index (κ2) is 3.78. The van der Waals surface area contributed by atoms with E-state index in [0.29, 0.717) is 5.41 Å². The predicted octanol–water partition coefficient (Wildman–Crippen LogP) is 1.43. The molecule has 1 unspecified atom stereocenters. The lowest BCUT2D eigenvalue weighted by Gasteiger charge is -2.33. The van der Waals surface area contributed by atoms with Crippen LogP contribution in [0.1, 0.15) is 46.0 Å². The number of hydrogen-bond donors (Lipinski definition) is 2. The highest BCUT2D eigenvalue weighted by atomic mass is 16.2.